The van der Waals surface area contributed by atoms with E-state index in [1.807, 2.05) is 0 Å². The molecule has 0 aromatic heterocycles. The Morgan fingerprint density at radius 2 is 1.76 bits per heavy atom. The fraction of sp³-hybridized carbons (Fsp3) is 0.188. The Kier molecular flexibility index (Phi) is 4.85. The van der Waals surface area contributed by atoms with Crippen LogP contribution < -0.4 is 4.74 Å². The molecule has 0 aliphatic rings. The zero-order valence-corrected chi connectivity index (χ0v) is 12.5. The molecule has 0 spiro atoms. The minimum absolute atomic E-state index is 0.0480. The summed E-state index contributed by atoms with van der Waals surface area (Å²) >= 11 is 0. The maximum atomic E-state index is 13.6. The van der Waals surface area contributed by atoms with Crippen molar-refractivity contribution in [1.82, 2.24) is 0 Å². The number of ether oxygens (including phenoxy) is 1. The van der Waals surface area contributed by atoms with Crippen LogP contribution in [-0.4, -0.2) is 22.4 Å². The van der Waals surface area contributed by atoms with Crippen molar-refractivity contribution in [3.05, 3.63) is 59.9 Å². The number of hydrogen-bond donors (Lipinski definition) is 0. The number of methoxy groups -OCH3 is 1. The van der Waals surface area contributed by atoms with Crippen LogP contribution in [0.15, 0.2) is 53.4 Å². The van der Waals surface area contributed by atoms with Gasteiger partial charge in [0.2, 0.25) is 0 Å². The molecule has 0 fully saturated rings. The average Bonchev–Trinajstić information content (AvgIpc) is 2.53. The first-order valence-electron chi connectivity index (χ1n) is 6.38. The van der Waals surface area contributed by atoms with Gasteiger partial charge in [-0.05, 0) is 43.3 Å². The maximum absolute atomic E-state index is 13.6. The summed E-state index contributed by atoms with van der Waals surface area (Å²) in [6.07, 6.45) is 0. The van der Waals surface area contributed by atoms with Crippen LogP contribution in [0.2, 0.25) is 0 Å². The first-order valence-corrected chi connectivity index (χ1v) is 7.59. The van der Waals surface area contributed by atoms with Gasteiger partial charge in [-0.1, -0.05) is 12.1 Å². The molecule has 0 amide bonds. The van der Waals surface area contributed by atoms with Gasteiger partial charge in [-0.3, -0.25) is 9.00 Å². The molecule has 0 saturated heterocycles. The van der Waals surface area contributed by atoms with Gasteiger partial charge >= 0.3 is 0 Å². The molecule has 0 saturated carbocycles. The summed E-state index contributed by atoms with van der Waals surface area (Å²) in [5, 5.41) is -0.824. The number of hydrogen-bond acceptors (Lipinski definition) is 3. The van der Waals surface area contributed by atoms with Crippen molar-refractivity contribution >= 4 is 16.6 Å². The third-order valence-electron chi connectivity index (χ3n) is 3.12. The number of halogens is 1. The molecular weight excluding hydrogens is 291 g/mol. The normalized spacial score (nSPS) is 13.5. The fourth-order valence-electron chi connectivity index (χ4n) is 1.89. The summed E-state index contributed by atoms with van der Waals surface area (Å²) in [5.41, 5.74) is 0.424. The molecular formula is C16H15FO3S. The lowest BCUT2D eigenvalue weighted by Gasteiger charge is -2.11. The van der Waals surface area contributed by atoms with E-state index >= 15 is 0 Å². The second-order valence-electron chi connectivity index (χ2n) is 4.46. The molecule has 2 aromatic carbocycles. The lowest BCUT2D eigenvalue weighted by Crippen LogP contribution is -2.23. The molecule has 0 heterocycles. The van der Waals surface area contributed by atoms with Crippen LogP contribution in [-0.2, 0) is 10.8 Å². The molecule has 0 bridgehead atoms. The summed E-state index contributed by atoms with van der Waals surface area (Å²) < 4.78 is 31.0. The van der Waals surface area contributed by atoms with Gasteiger partial charge in [-0.15, -0.1) is 0 Å². The van der Waals surface area contributed by atoms with E-state index in [9.17, 15) is 13.4 Å². The second-order valence-corrected chi connectivity index (χ2v) is 6.20. The lowest BCUT2D eigenvalue weighted by atomic mass is 10.1. The summed E-state index contributed by atoms with van der Waals surface area (Å²) in [5.74, 6) is -0.223. The SMILES string of the molecule is COc1ccc(C(=O)C(C)S(=O)c2ccccc2F)cc1. The molecule has 0 aliphatic carbocycles. The predicted octanol–water partition coefficient (Wildman–Crippen LogP) is 3.21. The number of ketones is 1. The zero-order valence-electron chi connectivity index (χ0n) is 11.7. The maximum Gasteiger partial charge on any atom is 0.178 e. The van der Waals surface area contributed by atoms with Gasteiger partial charge in [0.15, 0.2) is 5.78 Å². The van der Waals surface area contributed by atoms with Crippen LogP contribution >= 0.6 is 0 Å². The molecule has 2 aromatic rings. The van der Waals surface area contributed by atoms with E-state index in [1.165, 1.54) is 32.2 Å². The van der Waals surface area contributed by atoms with Crippen molar-refractivity contribution < 1.29 is 18.1 Å². The van der Waals surface area contributed by atoms with Crippen molar-refractivity contribution in [2.75, 3.05) is 7.11 Å². The largest absolute Gasteiger partial charge is 0.497 e. The van der Waals surface area contributed by atoms with E-state index in [2.05, 4.69) is 0 Å². The quantitative estimate of drug-likeness (QED) is 0.797. The fourth-order valence-corrected chi connectivity index (χ4v) is 3.07. The first-order chi connectivity index (χ1) is 10.0. The Hall–Kier alpha value is -2.01. The molecule has 2 rings (SSSR count). The molecule has 0 N–H and O–H groups in total. The molecule has 3 nitrogen and oxygen atoms in total. The monoisotopic (exact) mass is 306 g/mol. The predicted molar refractivity (Wildman–Crippen MR) is 79.6 cm³/mol. The Balaban J connectivity index is 2.22. The molecule has 2 unspecified atom stereocenters. The zero-order chi connectivity index (χ0) is 15.4. The molecule has 21 heavy (non-hydrogen) atoms. The lowest BCUT2D eigenvalue weighted by molar-refractivity contribution is 0.0992. The van der Waals surface area contributed by atoms with E-state index in [0.717, 1.165) is 0 Å². The number of benzene rings is 2. The van der Waals surface area contributed by atoms with Gasteiger partial charge in [-0.25, -0.2) is 4.39 Å². The van der Waals surface area contributed by atoms with Crippen molar-refractivity contribution in [3.63, 3.8) is 0 Å². The second kappa shape index (κ2) is 6.63. The summed E-state index contributed by atoms with van der Waals surface area (Å²) in [4.78, 5) is 12.4. The third kappa shape index (κ3) is 3.36. The minimum atomic E-state index is -1.73. The Morgan fingerprint density at radius 1 is 1.14 bits per heavy atom. The Labute approximate surface area is 125 Å². The number of Topliss-reactive ketones (excluding diaryl/α,β-unsaturated/α-hetero) is 1. The molecule has 0 aliphatic heterocycles. The number of carbonyl (C=O) groups excluding carboxylic acids is 1. The summed E-state index contributed by atoms with van der Waals surface area (Å²) in [6.45, 7) is 1.54. The van der Waals surface area contributed by atoms with Gasteiger partial charge in [-0.2, -0.15) is 0 Å². The van der Waals surface area contributed by atoms with Crippen LogP contribution in [0.25, 0.3) is 0 Å². The van der Waals surface area contributed by atoms with Gasteiger partial charge in [0.25, 0.3) is 0 Å². The minimum Gasteiger partial charge on any atom is -0.497 e. The number of carbonyl (C=O) groups is 1. The first kappa shape index (κ1) is 15.4. The number of rotatable bonds is 5. The Bertz CT molecular complexity index is 667. The van der Waals surface area contributed by atoms with Crippen molar-refractivity contribution in [3.8, 4) is 5.75 Å². The standard InChI is InChI=1S/C16H15FO3S/c1-11(21(19)15-6-4-3-5-14(15)17)16(18)12-7-9-13(20-2)10-8-12/h3-11H,1-2H3. The molecule has 0 radical (unpaired) electrons. The van der Waals surface area contributed by atoms with Crippen molar-refractivity contribution in [2.45, 2.75) is 17.1 Å². The van der Waals surface area contributed by atoms with Crippen LogP contribution in [0.5, 0.6) is 5.75 Å². The highest BCUT2D eigenvalue weighted by molar-refractivity contribution is 7.86. The van der Waals surface area contributed by atoms with Crippen LogP contribution in [0.1, 0.15) is 17.3 Å². The van der Waals surface area contributed by atoms with E-state index < -0.39 is 21.9 Å². The topological polar surface area (TPSA) is 43.4 Å². The third-order valence-corrected chi connectivity index (χ3v) is 4.74. The molecule has 110 valence electrons. The summed E-state index contributed by atoms with van der Waals surface area (Å²) in [7, 11) is -0.199. The van der Waals surface area contributed by atoms with E-state index in [0.29, 0.717) is 11.3 Å². The van der Waals surface area contributed by atoms with Gasteiger partial charge in [0.1, 0.15) is 11.6 Å². The molecule has 2 atom stereocenters. The van der Waals surface area contributed by atoms with Crippen LogP contribution in [0.4, 0.5) is 4.39 Å². The highest BCUT2D eigenvalue weighted by Crippen LogP contribution is 2.19. The van der Waals surface area contributed by atoms with E-state index in [-0.39, 0.29) is 10.7 Å². The smallest absolute Gasteiger partial charge is 0.178 e. The van der Waals surface area contributed by atoms with Gasteiger partial charge in [0.05, 0.1) is 28.1 Å². The van der Waals surface area contributed by atoms with Gasteiger partial charge in [0, 0.05) is 5.56 Å². The Morgan fingerprint density at radius 3 is 2.33 bits per heavy atom. The molecule has 5 heteroatoms. The van der Waals surface area contributed by atoms with Crippen LogP contribution in [0, 0.1) is 5.82 Å². The van der Waals surface area contributed by atoms with Crippen LogP contribution in [0.3, 0.4) is 0 Å². The van der Waals surface area contributed by atoms with E-state index in [4.69, 9.17) is 4.74 Å². The highest BCUT2D eigenvalue weighted by Gasteiger charge is 2.24. The van der Waals surface area contributed by atoms with E-state index in [1.54, 1.807) is 30.3 Å². The van der Waals surface area contributed by atoms with Gasteiger partial charge < -0.3 is 4.74 Å². The van der Waals surface area contributed by atoms with Crippen molar-refractivity contribution in [2.24, 2.45) is 0 Å². The highest BCUT2D eigenvalue weighted by atomic mass is 32.2. The summed E-state index contributed by atoms with van der Waals surface area (Å²) in [6, 6.07) is 12.3. The average molecular weight is 306 g/mol. The van der Waals surface area contributed by atoms with Crippen molar-refractivity contribution in [1.29, 1.82) is 0 Å².